The van der Waals surface area contributed by atoms with Crippen LogP contribution in [-0.4, -0.2) is 11.5 Å². The molecule has 2 nitrogen and oxygen atoms in total. The summed E-state index contributed by atoms with van der Waals surface area (Å²) in [6.07, 6.45) is 8.46. The van der Waals surface area contributed by atoms with Gasteiger partial charge in [0.05, 0.1) is 5.70 Å². The molecule has 0 N–H and O–H groups in total. The van der Waals surface area contributed by atoms with Crippen molar-refractivity contribution in [3.63, 3.8) is 0 Å². The van der Waals surface area contributed by atoms with Crippen LogP contribution >= 0.6 is 0 Å². The second-order valence-electron chi connectivity index (χ2n) is 4.54. The van der Waals surface area contributed by atoms with Crippen molar-refractivity contribution in [2.24, 2.45) is 0 Å². The predicted octanol–water partition coefficient (Wildman–Crippen LogP) is 1.52. The van der Waals surface area contributed by atoms with Gasteiger partial charge >= 0.3 is 0 Å². The molecule has 0 aliphatic carbocycles. The highest BCUT2D eigenvalue weighted by Gasteiger charge is 2.19. The van der Waals surface area contributed by atoms with Crippen molar-refractivity contribution in [3.05, 3.63) is 64.7 Å². The summed E-state index contributed by atoms with van der Waals surface area (Å²) in [5, 5.41) is 2.60. The first-order chi connectivity index (χ1) is 8.93. The Labute approximate surface area is 105 Å². The molecule has 0 saturated heterocycles. The van der Waals surface area contributed by atoms with Crippen LogP contribution in [0.4, 0.5) is 5.82 Å². The molecule has 0 amide bonds. The van der Waals surface area contributed by atoms with Gasteiger partial charge in [-0.3, -0.25) is 0 Å². The first kappa shape index (κ1) is 9.66. The lowest BCUT2D eigenvalue weighted by atomic mass is 10.0. The average Bonchev–Trinajstić information content (AvgIpc) is 2.46. The van der Waals surface area contributed by atoms with Gasteiger partial charge in [-0.2, -0.15) is 0 Å². The third-order valence-corrected chi connectivity index (χ3v) is 3.51. The molecule has 3 heterocycles. The van der Waals surface area contributed by atoms with E-state index in [2.05, 4.69) is 58.4 Å². The molecule has 1 aromatic heterocycles. The zero-order valence-corrected chi connectivity index (χ0v) is 9.88. The van der Waals surface area contributed by atoms with Gasteiger partial charge in [0.1, 0.15) is 5.82 Å². The first-order valence-electron chi connectivity index (χ1n) is 6.14. The van der Waals surface area contributed by atoms with Gasteiger partial charge in [0.25, 0.3) is 0 Å². The van der Waals surface area contributed by atoms with Gasteiger partial charge in [-0.15, -0.1) is 0 Å². The lowest BCUT2D eigenvalue weighted by Crippen LogP contribution is -2.40. The Balaban J connectivity index is 2.06. The van der Waals surface area contributed by atoms with Gasteiger partial charge < -0.3 is 4.90 Å². The number of fused-ring (bicyclic) bond motifs is 4. The summed E-state index contributed by atoms with van der Waals surface area (Å²) in [6, 6.07) is 12.6. The number of hydrogen-bond donors (Lipinski definition) is 0. The standard InChI is InChI=1S/C16H12N2/c1-2-6-14-12(4-1)9-11-18-15(14)8-7-13-5-3-10-17-16(13)18/h1-10H,11H2. The summed E-state index contributed by atoms with van der Waals surface area (Å²) in [6.45, 7) is 0.890. The van der Waals surface area contributed by atoms with E-state index < -0.39 is 0 Å². The fourth-order valence-electron chi connectivity index (χ4n) is 2.66. The number of anilines is 1. The maximum absolute atomic E-state index is 4.51. The monoisotopic (exact) mass is 232 g/mol. The molecule has 2 heteroatoms. The highest BCUT2D eigenvalue weighted by atomic mass is 15.2. The van der Waals surface area contributed by atoms with Crippen LogP contribution in [0.5, 0.6) is 0 Å². The number of benzene rings is 1. The molecule has 4 rings (SSSR count). The minimum absolute atomic E-state index is 0.890. The molecule has 18 heavy (non-hydrogen) atoms. The SMILES string of the molecule is C1=Cc2cccnc2N2CC=c3ccccc3=C12. The second-order valence-corrected chi connectivity index (χ2v) is 4.54. The van der Waals surface area contributed by atoms with E-state index in [-0.39, 0.29) is 0 Å². The Bertz CT molecular complexity index is 772. The number of rotatable bonds is 0. The Morgan fingerprint density at radius 3 is 2.94 bits per heavy atom. The van der Waals surface area contributed by atoms with E-state index in [0.29, 0.717) is 0 Å². The van der Waals surface area contributed by atoms with E-state index in [0.717, 1.165) is 12.4 Å². The van der Waals surface area contributed by atoms with Crippen LogP contribution < -0.4 is 15.3 Å². The number of pyridine rings is 1. The largest absolute Gasteiger partial charge is 0.321 e. The van der Waals surface area contributed by atoms with Crippen LogP contribution in [0.25, 0.3) is 17.8 Å². The smallest absolute Gasteiger partial charge is 0.140 e. The quantitative estimate of drug-likeness (QED) is 0.684. The van der Waals surface area contributed by atoms with E-state index in [9.17, 15) is 0 Å². The van der Waals surface area contributed by atoms with E-state index >= 15 is 0 Å². The molecule has 0 radical (unpaired) electrons. The Morgan fingerprint density at radius 2 is 1.94 bits per heavy atom. The van der Waals surface area contributed by atoms with Gasteiger partial charge in [0.2, 0.25) is 0 Å². The number of aromatic nitrogens is 1. The van der Waals surface area contributed by atoms with Crippen LogP contribution in [-0.2, 0) is 0 Å². The fourth-order valence-corrected chi connectivity index (χ4v) is 2.66. The molecule has 2 aliphatic rings. The molecule has 1 aromatic carbocycles. The van der Waals surface area contributed by atoms with Gasteiger partial charge in [-0.1, -0.05) is 30.3 Å². The molecule has 0 fully saturated rings. The molecule has 0 unspecified atom stereocenters. The van der Waals surface area contributed by atoms with Gasteiger partial charge in [0.15, 0.2) is 0 Å². The van der Waals surface area contributed by atoms with Crippen LogP contribution in [0.3, 0.4) is 0 Å². The third-order valence-electron chi connectivity index (χ3n) is 3.51. The van der Waals surface area contributed by atoms with Crippen molar-refractivity contribution in [2.75, 3.05) is 11.4 Å². The summed E-state index contributed by atoms with van der Waals surface area (Å²) in [4.78, 5) is 6.79. The van der Waals surface area contributed by atoms with E-state index in [1.54, 1.807) is 0 Å². The zero-order valence-electron chi connectivity index (χ0n) is 9.88. The van der Waals surface area contributed by atoms with Crippen molar-refractivity contribution in [1.29, 1.82) is 0 Å². The molecule has 0 saturated carbocycles. The first-order valence-corrected chi connectivity index (χ1v) is 6.14. The summed E-state index contributed by atoms with van der Waals surface area (Å²) in [7, 11) is 0. The summed E-state index contributed by atoms with van der Waals surface area (Å²) in [5.41, 5.74) is 2.44. The van der Waals surface area contributed by atoms with Crippen molar-refractivity contribution in [2.45, 2.75) is 0 Å². The molecular weight excluding hydrogens is 220 g/mol. The van der Waals surface area contributed by atoms with Gasteiger partial charge in [-0.05, 0) is 29.5 Å². The Kier molecular flexibility index (Phi) is 1.92. The lowest BCUT2D eigenvalue weighted by molar-refractivity contribution is 1.05. The second kappa shape index (κ2) is 3.57. The van der Waals surface area contributed by atoms with Crippen LogP contribution in [0, 0.1) is 0 Å². The summed E-state index contributed by atoms with van der Waals surface area (Å²) in [5.74, 6) is 1.06. The van der Waals surface area contributed by atoms with Crippen molar-refractivity contribution in [1.82, 2.24) is 4.98 Å². The average molecular weight is 232 g/mol. The molecule has 0 spiro atoms. The molecule has 0 bridgehead atoms. The topological polar surface area (TPSA) is 16.1 Å². The van der Waals surface area contributed by atoms with Crippen molar-refractivity contribution >= 4 is 23.7 Å². The van der Waals surface area contributed by atoms with Gasteiger partial charge in [-0.25, -0.2) is 4.98 Å². The van der Waals surface area contributed by atoms with E-state index in [1.807, 2.05) is 12.3 Å². The summed E-state index contributed by atoms with van der Waals surface area (Å²) < 4.78 is 0. The normalized spacial score (nSPS) is 15.6. The highest BCUT2D eigenvalue weighted by Crippen LogP contribution is 2.28. The number of nitrogens with zero attached hydrogens (tertiary/aromatic N) is 2. The van der Waals surface area contributed by atoms with Gasteiger partial charge in [0, 0.05) is 23.5 Å². The molecular formula is C16H12N2. The zero-order chi connectivity index (χ0) is 11.9. The molecule has 0 atom stereocenters. The molecule has 2 aromatic rings. The van der Waals surface area contributed by atoms with Crippen molar-refractivity contribution < 1.29 is 0 Å². The third kappa shape index (κ3) is 1.26. The van der Waals surface area contributed by atoms with Crippen LogP contribution in [0.15, 0.2) is 48.7 Å². The van der Waals surface area contributed by atoms with E-state index in [4.69, 9.17) is 0 Å². The minimum Gasteiger partial charge on any atom is -0.321 e. The minimum atomic E-state index is 0.890. The van der Waals surface area contributed by atoms with Crippen LogP contribution in [0.2, 0.25) is 0 Å². The maximum atomic E-state index is 4.51. The molecule has 86 valence electrons. The van der Waals surface area contributed by atoms with Crippen LogP contribution in [0.1, 0.15) is 5.56 Å². The predicted molar refractivity (Wildman–Crippen MR) is 74.2 cm³/mol. The molecule has 2 aliphatic heterocycles. The fraction of sp³-hybridized carbons (Fsp3) is 0.0625. The number of hydrogen-bond acceptors (Lipinski definition) is 2. The Morgan fingerprint density at radius 1 is 1.00 bits per heavy atom. The highest BCUT2D eigenvalue weighted by molar-refractivity contribution is 5.88. The van der Waals surface area contributed by atoms with Crippen molar-refractivity contribution in [3.8, 4) is 0 Å². The maximum Gasteiger partial charge on any atom is 0.140 e. The Hall–Kier alpha value is -2.35. The van der Waals surface area contributed by atoms with E-state index in [1.165, 1.54) is 21.7 Å². The summed E-state index contributed by atoms with van der Waals surface area (Å²) >= 11 is 0. The lowest BCUT2D eigenvalue weighted by Gasteiger charge is -2.30.